The molecule has 1 aromatic carbocycles. The second-order valence-electron chi connectivity index (χ2n) is 5.80. The molecule has 0 aliphatic heterocycles. The van der Waals surface area contributed by atoms with Crippen molar-refractivity contribution in [2.24, 2.45) is 4.99 Å². The molecule has 1 N–H and O–H groups in total. The zero-order valence-corrected chi connectivity index (χ0v) is 16.6. The van der Waals surface area contributed by atoms with Crippen molar-refractivity contribution in [3.05, 3.63) is 29.6 Å². The summed E-state index contributed by atoms with van der Waals surface area (Å²) >= 11 is 0. The van der Waals surface area contributed by atoms with Crippen molar-refractivity contribution in [3.63, 3.8) is 0 Å². The van der Waals surface area contributed by atoms with Gasteiger partial charge < -0.3 is 19.7 Å². The Bertz CT molecular complexity index is 695. The summed E-state index contributed by atoms with van der Waals surface area (Å²) in [5.74, 6) is 0.470. The highest BCUT2D eigenvalue weighted by Gasteiger charge is 2.09. The first-order chi connectivity index (χ1) is 12.3. The molecule has 0 fully saturated rings. The standard InChI is InChI=1S/C17H28FN3O4S/c1-5-19-17(20-8-9-25-10-11-26(4,22)23)21(2)13-14-6-7-16(24-3)15(18)12-14/h6-7,12H,5,8-11,13H2,1-4H3,(H,19,20). The fraction of sp³-hybridized carbons (Fsp3) is 0.588. The number of hydrogen-bond donors (Lipinski definition) is 1. The van der Waals surface area contributed by atoms with E-state index in [-0.39, 0.29) is 18.1 Å². The molecule has 0 heterocycles. The summed E-state index contributed by atoms with van der Waals surface area (Å²) in [6, 6.07) is 4.83. The van der Waals surface area contributed by atoms with Gasteiger partial charge in [-0.25, -0.2) is 12.8 Å². The van der Waals surface area contributed by atoms with Crippen LogP contribution in [0.5, 0.6) is 5.75 Å². The van der Waals surface area contributed by atoms with E-state index in [2.05, 4.69) is 10.3 Å². The van der Waals surface area contributed by atoms with Crippen molar-refractivity contribution >= 4 is 15.8 Å². The Balaban J connectivity index is 2.57. The van der Waals surface area contributed by atoms with E-state index in [9.17, 15) is 12.8 Å². The van der Waals surface area contributed by atoms with E-state index in [1.165, 1.54) is 19.4 Å². The first kappa shape index (κ1) is 22.2. The van der Waals surface area contributed by atoms with Gasteiger partial charge in [-0.15, -0.1) is 0 Å². The largest absolute Gasteiger partial charge is 0.494 e. The number of aliphatic imine (C=N–C) groups is 1. The number of hydrogen-bond acceptors (Lipinski definition) is 5. The van der Waals surface area contributed by atoms with Crippen LogP contribution in [0.1, 0.15) is 12.5 Å². The van der Waals surface area contributed by atoms with Gasteiger partial charge in [0.25, 0.3) is 0 Å². The maximum absolute atomic E-state index is 13.8. The Morgan fingerprint density at radius 3 is 2.65 bits per heavy atom. The molecule has 7 nitrogen and oxygen atoms in total. The normalized spacial score (nSPS) is 12.1. The molecule has 26 heavy (non-hydrogen) atoms. The number of ether oxygens (including phenoxy) is 2. The highest BCUT2D eigenvalue weighted by Crippen LogP contribution is 2.18. The molecule has 0 aliphatic rings. The summed E-state index contributed by atoms with van der Waals surface area (Å²) in [4.78, 5) is 6.31. The van der Waals surface area contributed by atoms with Gasteiger partial charge in [-0.1, -0.05) is 6.07 Å². The van der Waals surface area contributed by atoms with Gasteiger partial charge in [0.2, 0.25) is 0 Å². The van der Waals surface area contributed by atoms with Gasteiger partial charge in [0, 0.05) is 26.4 Å². The maximum atomic E-state index is 13.8. The van der Waals surface area contributed by atoms with Crippen LogP contribution in [-0.4, -0.2) is 71.7 Å². The van der Waals surface area contributed by atoms with Crippen LogP contribution in [0.25, 0.3) is 0 Å². The lowest BCUT2D eigenvalue weighted by Crippen LogP contribution is -2.38. The average molecular weight is 389 g/mol. The third-order valence-corrected chi connectivity index (χ3v) is 4.34. The van der Waals surface area contributed by atoms with Crippen molar-refractivity contribution in [2.45, 2.75) is 13.5 Å². The zero-order chi connectivity index (χ0) is 19.6. The number of guanidine groups is 1. The summed E-state index contributed by atoms with van der Waals surface area (Å²) in [5.41, 5.74) is 0.792. The molecule has 0 saturated carbocycles. The maximum Gasteiger partial charge on any atom is 0.194 e. The molecule has 148 valence electrons. The molecule has 0 aliphatic carbocycles. The van der Waals surface area contributed by atoms with E-state index in [4.69, 9.17) is 9.47 Å². The molecule has 9 heteroatoms. The average Bonchev–Trinajstić information content (AvgIpc) is 2.56. The molecule has 0 aromatic heterocycles. The molecular formula is C17H28FN3O4S. The minimum absolute atomic E-state index is 0.000280. The third-order valence-electron chi connectivity index (χ3n) is 3.43. The van der Waals surface area contributed by atoms with Crippen molar-refractivity contribution < 1.29 is 22.3 Å². The number of benzene rings is 1. The summed E-state index contributed by atoms with van der Waals surface area (Å²) in [5, 5.41) is 3.16. The van der Waals surface area contributed by atoms with Gasteiger partial charge in [-0.3, -0.25) is 4.99 Å². The number of methoxy groups -OCH3 is 1. The zero-order valence-electron chi connectivity index (χ0n) is 15.8. The van der Waals surface area contributed by atoms with E-state index in [0.717, 1.165) is 5.56 Å². The van der Waals surface area contributed by atoms with Crippen molar-refractivity contribution in [1.29, 1.82) is 0 Å². The quantitative estimate of drug-likeness (QED) is 0.369. The highest BCUT2D eigenvalue weighted by atomic mass is 32.2. The molecule has 0 spiro atoms. The Morgan fingerprint density at radius 1 is 1.35 bits per heavy atom. The Morgan fingerprint density at radius 2 is 2.08 bits per heavy atom. The predicted molar refractivity (Wildman–Crippen MR) is 101 cm³/mol. The molecule has 0 saturated heterocycles. The monoisotopic (exact) mass is 389 g/mol. The van der Waals surface area contributed by atoms with Crippen LogP contribution >= 0.6 is 0 Å². The molecule has 1 aromatic rings. The number of rotatable bonds is 10. The summed E-state index contributed by atoms with van der Waals surface area (Å²) in [6.07, 6.45) is 1.18. The van der Waals surface area contributed by atoms with Crippen LogP contribution in [0.3, 0.4) is 0 Å². The van der Waals surface area contributed by atoms with Crippen LogP contribution < -0.4 is 10.1 Å². The first-order valence-electron chi connectivity index (χ1n) is 8.34. The topological polar surface area (TPSA) is 80.2 Å². The fourth-order valence-electron chi connectivity index (χ4n) is 2.16. The summed E-state index contributed by atoms with van der Waals surface area (Å²) in [7, 11) is 0.270. The van der Waals surface area contributed by atoms with E-state index in [0.29, 0.717) is 32.2 Å². The number of halogens is 1. The van der Waals surface area contributed by atoms with Crippen LogP contribution in [0.15, 0.2) is 23.2 Å². The summed E-state index contributed by atoms with van der Waals surface area (Å²) < 4.78 is 46.1. The SMILES string of the molecule is CCNC(=NCCOCCS(C)(=O)=O)N(C)Cc1ccc(OC)c(F)c1. The lowest BCUT2D eigenvalue weighted by atomic mass is 10.2. The Labute approximate surface area is 155 Å². The molecule has 0 unspecified atom stereocenters. The first-order valence-corrected chi connectivity index (χ1v) is 10.4. The fourth-order valence-corrected chi connectivity index (χ4v) is 2.58. The van der Waals surface area contributed by atoms with Crippen molar-refractivity contribution in [3.8, 4) is 5.75 Å². The molecule has 0 amide bonds. The third kappa shape index (κ3) is 8.48. The molecule has 1 rings (SSSR count). The smallest absolute Gasteiger partial charge is 0.194 e. The minimum atomic E-state index is -3.01. The molecule has 0 bridgehead atoms. The van der Waals surface area contributed by atoms with Gasteiger partial charge in [-0.2, -0.15) is 0 Å². The van der Waals surface area contributed by atoms with E-state index in [1.807, 2.05) is 18.9 Å². The molecule has 0 atom stereocenters. The van der Waals surface area contributed by atoms with Crippen molar-refractivity contribution in [2.75, 3.05) is 52.5 Å². The van der Waals surface area contributed by atoms with Gasteiger partial charge >= 0.3 is 0 Å². The lowest BCUT2D eigenvalue weighted by molar-refractivity contribution is 0.157. The van der Waals surface area contributed by atoms with Crippen molar-refractivity contribution in [1.82, 2.24) is 10.2 Å². The Hall–Kier alpha value is -1.87. The molecular weight excluding hydrogens is 361 g/mol. The molecule has 0 radical (unpaired) electrons. The number of nitrogens with one attached hydrogen (secondary N) is 1. The van der Waals surface area contributed by atoms with Gasteiger partial charge in [0.1, 0.15) is 9.84 Å². The lowest BCUT2D eigenvalue weighted by Gasteiger charge is -2.22. The van der Waals surface area contributed by atoms with Gasteiger partial charge in [0.15, 0.2) is 17.5 Å². The van der Waals surface area contributed by atoms with Gasteiger partial charge in [-0.05, 0) is 24.6 Å². The van der Waals surface area contributed by atoms with Crippen LogP contribution in [0.2, 0.25) is 0 Å². The number of sulfone groups is 1. The van der Waals surface area contributed by atoms with E-state index < -0.39 is 15.7 Å². The second kappa shape index (κ2) is 11.0. The van der Waals surface area contributed by atoms with Gasteiger partial charge in [0.05, 0.1) is 32.6 Å². The van der Waals surface area contributed by atoms with Crippen LogP contribution in [-0.2, 0) is 21.1 Å². The minimum Gasteiger partial charge on any atom is -0.494 e. The Kier molecular flexibility index (Phi) is 9.36. The van der Waals surface area contributed by atoms with E-state index >= 15 is 0 Å². The van der Waals surface area contributed by atoms with Crippen LogP contribution in [0.4, 0.5) is 4.39 Å². The highest BCUT2D eigenvalue weighted by molar-refractivity contribution is 7.90. The second-order valence-corrected chi connectivity index (χ2v) is 8.06. The van der Waals surface area contributed by atoms with E-state index in [1.54, 1.807) is 12.1 Å². The number of nitrogens with zero attached hydrogens (tertiary/aromatic N) is 2. The summed E-state index contributed by atoms with van der Waals surface area (Å²) in [6.45, 7) is 4.00. The predicted octanol–water partition coefficient (Wildman–Crippen LogP) is 1.29. The van der Waals surface area contributed by atoms with Crippen LogP contribution in [0, 0.1) is 5.82 Å².